The van der Waals surface area contributed by atoms with E-state index in [2.05, 4.69) is 0 Å². The molecule has 0 radical (unpaired) electrons. The van der Waals surface area contributed by atoms with Crippen LogP contribution in [-0.4, -0.2) is 46.4 Å². The summed E-state index contributed by atoms with van der Waals surface area (Å²) >= 11 is 0. The first-order chi connectivity index (χ1) is 19.0. The van der Waals surface area contributed by atoms with E-state index in [1.165, 1.54) is 24.6 Å². The predicted octanol–water partition coefficient (Wildman–Crippen LogP) is 4.39. The van der Waals surface area contributed by atoms with Crippen LogP contribution >= 0.6 is 0 Å². The molecule has 194 valence electrons. The smallest absolute Gasteiger partial charge is 0.231 e. The summed E-state index contributed by atoms with van der Waals surface area (Å²) in [5.41, 5.74) is 1.65. The second kappa shape index (κ2) is 8.32. The summed E-state index contributed by atoms with van der Waals surface area (Å²) in [6.45, 7) is 0.0860. The summed E-state index contributed by atoms with van der Waals surface area (Å²) in [5.74, 6) is 0.866. The lowest BCUT2D eigenvalue weighted by Crippen LogP contribution is -2.21. The van der Waals surface area contributed by atoms with Gasteiger partial charge < -0.3 is 39.4 Å². The van der Waals surface area contributed by atoms with Gasteiger partial charge in [-0.1, -0.05) is 12.1 Å². The van der Waals surface area contributed by atoms with E-state index in [4.69, 9.17) is 28.9 Å². The zero-order chi connectivity index (χ0) is 26.7. The number of rotatable bonds is 4. The highest BCUT2D eigenvalue weighted by atomic mass is 16.7. The number of nitrogens with zero attached hydrogens (tertiary/aromatic N) is 2. The Morgan fingerprint density at radius 3 is 1.51 bits per heavy atom. The molecular formula is C29H20N2O8. The average Bonchev–Trinajstić information content (AvgIpc) is 3.67. The van der Waals surface area contributed by atoms with Crippen LogP contribution in [-0.2, 0) is 5.66 Å². The molecule has 4 aromatic rings. The van der Waals surface area contributed by atoms with Gasteiger partial charge in [-0.05, 0) is 48.5 Å². The largest absolute Gasteiger partial charge is 0.504 e. The maximum Gasteiger partial charge on any atom is 0.231 e. The molecule has 0 bridgehead atoms. The third-order valence-electron chi connectivity index (χ3n) is 6.95. The van der Waals surface area contributed by atoms with Crippen LogP contribution in [0.5, 0.6) is 46.0 Å². The van der Waals surface area contributed by atoms with Gasteiger partial charge in [0.1, 0.15) is 0 Å². The van der Waals surface area contributed by atoms with E-state index in [9.17, 15) is 20.4 Å². The van der Waals surface area contributed by atoms with E-state index in [-0.39, 0.29) is 47.7 Å². The summed E-state index contributed by atoms with van der Waals surface area (Å²) in [6, 6.07) is 16.3. The fraction of sp³-hybridized carbons (Fsp3) is 0.103. The molecule has 0 spiro atoms. The minimum atomic E-state index is -1.46. The van der Waals surface area contributed by atoms with Crippen LogP contribution in [0.3, 0.4) is 0 Å². The van der Waals surface area contributed by atoms with Crippen molar-refractivity contribution in [1.82, 2.24) is 0 Å². The molecule has 4 aromatic carbocycles. The molecule has 0 fully saturated rings. The molecule has 0 amide bonds. The summed E-state index contributed by atoms with van der Waals surface area (Å²) < 4.78 is 23.1. The Balaban J connectivity index is 1.53. The number of hydrogen-bond acceptors (Lipinski definition) is 10. The fourth-order valence-corrected chi connectivity index (χ4v) is 5.11. The van der Waals surface area contributed by atoms with E-state index in [0.717, 1.165) is 0 Å². The highest BCUT2D eigenvalue weighted by Crippen LogP contribution is 2.61. The highest BCUT2D eigenvalue weighted by Gasteiger charge is 2.48. The van der Waals surface area contributed by atoms with Crippen LogP contribution in [0, 0.1) is 0 Å². The van der Waals surface area contributed by atoms with Gasteiger partial charge in [-0.2, -0.15) is 0 Å². The lowest BCUT2D eigenvalue weighted by molar-refractivity contribution is 0.173. The van der Waals surface area contributed by atoms with Gasteiger partial charge in [-0.25, -0.2) is 0 Å². The van der Waals surface area contributed by atoms with Crippen LogP contribution in [0.1, 0.15) is 22.3 Å². The van der Waals surface area contributed by atoms with E-state index in [1.54, 1.807) is 36.4 Å². The van der Waals surface area contributed by atoms with Gasteiger partial charge in [0.05, 0.1) is 0 Å². The van der Waals surface area contributed by atoms with Crippen molar-refractivity contribution in [3.05, 3.63) is 82.9 Å². The standard InChI is InChI=1S/C29H20N2O8/c32-19-5-1-3-15(25(19)34)11-30-29(31-12-16-4-2-6-20(33)26(16)35)17-7-9-21-27(38-13-36-21)23(17)24-18(29)8-10-22-28(24)39-14-37-22/h1-12,32-35H,13-14H2. The van der Waals surface area contributed by atoms with Crippen molar-refractivity contribution in [2.45, 2.75) is 5.66 Å². The third kappa shape index (κ3) is 3.28. The SMILES string of the molecule is Oc1cccc(C=NC2(N=Cc3cccc(O)c3O)c3ccc4c(c3-c3c2ccc2c3OCO2)OCO4)c1O. The number of ether oxygens (including phenoxy) is 4. The quantitative estimate of drug-likeness (QED) is 0.228. The fourth-order valence-electron chi connectivity index (χ4n) is 5.11. The van der Waals surface area contributed by atoms with Gasteiger partial charge >= 0.3 is 0 Å². The second-order valence-electron chi connectivity index (χ2n) is 9.06. The van der Waals surface area contributed by atoms with Crippen LogP contribution in [0.25, 0.3) is 11.1 Å². The maximum atomic E-state index is 10.5. The van der Waals surface area contributed by atoms with Crippen molar-refractivity contribution in [3.63, 3.8) is 0 Å². The summed E-state index contributed by atoms with van der Waals surface area (Å²) in [4.78, 5) is 9.79. The molecule has 10 heteroatoms. The molecule has 2 aliphatic heterocycles. The van der Waals surface area contributed by atoms with Crippen molar-refractivity contribution >= 4 is 12.4 Å². The van der Waals surface area contributed by atoms with Crippen LogP contribution in [0.15, 0.2) is 70.6 Å². The van der Waals surface area contributed by atoms with Crippen molar-refractivity contribution in [1.29, 1.82) is 0 Å². The number of fused-ring (bicyclic) bond motifs is 7. The average molecular weight is 524 g/mol. The number of aromatic hydroxyl groups is 4. The summed E-state index contributed by atoms with van der Waals surface area (Å²) in [6.07, 6.45) is 2.84. The van der Waals surface area contributed by atoms with Gasteiger partial charge in [0.25, 0.3) is 0 Å². The number of phenolic OH excluding ortho intramolecular Hbond substituents is 4. The molecule has 0 aromatic heterocycles. The summed E-state index contributed by atoms with van der Waals surface area (Å²) in [5, 5.41) is 41.0. The lowest BCUT2D eigenvalue weighted by Gasteiger charge is -2.23. The molecule has 0 saturated carbocycles. The summed E-state index contributed by atoms with van der Waals surface area (Å²) in [7, 11) is 0. The number of phenols is 4. The first kappa shape index (κ1) is 22.8. The molecule has 0 saturated heterocycles. The van der Waals surface area contributed by atoms with Gasteiger partial charge in [-0.15, -0.1) is 0 Å². The van der Waals surface area contributed by atoms with E-state index >= 15 is 0 Å². The Labute approximate surface area is 221 Å². The minimum Gasteiger partial charge on any atom is -0.504 e. The van der Waals surface area contributed by atoms with Crippen LogP contribution in [0.2, 0.25) is 0 Å². The molecule has 0 unspecified atom stereocenters. The molecule has 3 aliphatic rings. The van der Waals surface area contributed by atoms with Gasteiger partial charge in [0.2, 0.25) is 19.2 Å². The zero-order valence-electron chi connectivity index (χ0n) is 20.2. The topological polar surface area (TPSA) is 143 Å². The molecule has 10 nitrogen and oxygen atoms in total. The number of benzene rings is 4. The lowest BCUT2D eigenvalue weighted by atomic mass is 9.97. The Morgan fingerprint density at radius 1 is 0.590 bits per heavy atom. The van der Waals surface area contributed by atoms with Crippen molar-refractivity contribution < 1.29 is 39.4 Å². The zero-order valence-corrected chi connectivity index (χ0v) is 20.2. The number of hydrogen-bond donors (Lipinski definition) is 4. The molecule has 4 N–H and O–H groups in total. The second-order valence-corrected chi connectivity index (χ2v) is 9.06. The highest BCUT2D eigenvalue weighted by molar-refractivity contribution is 5.95. The molecule has 0 atom stereocenters. The van der Waals surface area contributed by atoms with Crippen molar-refractivity contribution in [2.24, 2.45) is 9.98 Å². The number of para-hydroxylation sites is 2. The first-order valence-corrected chi connectivity index (χ1v) is 12.0. The Hall–Kier alpha value is -5.38. The normalized spacial score (nSPS) is 15.7. The Kier molecular flexibility index (Phi) is 4.86. The van der Waals surface area contributed by atoms with Gasteiger partial charge in [-0.3, -0.25) is 9.98 Å². The first-order valence-electron chi connectivity index (χ1n) is 12.0. The number of aliphatic imine (C=N–C) groups is 2. The monoisotopic (exact) mass is 524 g/mol. The predicted molar refractivity (Wildman–Crippen MR) is 140 cm³/mol. The van der Waals surface area contributed by atoms with Crippen molar-refractivity contribution in [2.75, 3.05) is 13.6 Å². The molecular weight excluding hydrogens is 504 g/mol. The Morgan fingerprint density at radius 2 is 1.05 bits per heavy atom. The van der Waals surface area contributed by atoms with Gasteiger partial charge in [0.15, 0.2) is 46.0 Å². The molecule has 7 rings (SSSR count). The van der Waals surface area contributed by atoms with Crippen LogP contribution < -0.4 is 18.9 Å². The van der Waals surface area contributed by atoms with Crippen molar-refractivity contribution in [3.8, 4) is 57.1 Å². The molecule has 2 heterocycles. The Bertz CT molecular complexity index is 1600. The van der Waals surface area contributed by atoms with E-state index < -0.39 is 5.66 Å². The minimum absolute atomic E-state index is 0.0430. The van der Waals surface area contributed by atoms with Crippen LogP contribution in [0.4, 0.5) is 0 Å². The van der Waals surface area contributed by atoms with E-state index in [0.29, 0.717) is 45.3 Å². The third-order valence-corrected chi connectivity index (χ3v) is 6.95. The van der Waals surface area contributed by atoms with Gasteiger partial charge in [0, 0.05) is 45.8 Å². The molecule has 1 aliphatic carbocycles. The van der Waals surface area contributed by atoms with E-state index in [1.807, 2.05) is 12.1 Å². The molecule has 39 heavy (non-hydrogen) atoms. The maximum absolute atomic E-state index is 10.5.